The van der Waals surface area contributed by atoms with E-state index in [0.717, 1.165) is 6.42 Å². The summed E-state index contributed by atoms with van der Waals surface area (Å²) in [4.78, 5) is 13.9. The van der Waals surface area contributed by atoms with Gasteiger partial charge in [-0.05, 0) is 5.56 Å². The Balaban J connectivity index is 2.11. The molecule has 1 aliphatic heterocycles. The van der Waals surface area contributed by atoms with Gasteiger partial charge in [-0.3, -0.25) is 9.69 Å². The van der Waals surface area contributed by atoms with Gasteiger partial charge in [0.1, 0.15) is 0 Å². The third kappa shape index (κ3) is 1.95. The fourth-order valence-electron chi connectivity index (χ4n) is 2.22. The summed E-state index contributed by atoms with van der Waals surface area (Å²) in [5.41, 5.74) is 1.11. The third-order valence-electron chi connectivity index (χ3n) is 3.42. The van der Waals surface area contributed by atoms with Gasteiger partial charge in [0.2, 0.25) is 0 Å². The smallest absolute Gasteiger partial charge is 0.285 e. The molecule has 1 saturated heterocycles. The molecule has 1 fully saturated rings. The van der Waals surface area contributed by atoms with Crippen LogP contribution in [-0.4, -0.2) is 29.6 Å². The van der Waals surface area contributed by atoms with Crippen molar-refractivity contribution < 1.29 is 10.1 Å². The zero-order valence-corrected chi connectivity index (χ0v) is 10.1. The average Bonchev–Trinajstić information content (AvgIpc) is 2.44. The van der Waals surface area contributed by atoms with Gasteiger partial charge in [-0.2, -0.15) is 0 Å². The first-order valence-electron chi connectivity index (χ1n) is 5.68. The van der Waals surface area contributed by atoms with Crippen LogP contribution in [0.1, 0.15) is 19.4 Å². The van der Waals surface area contributed by atoms with Crippen LogP contribution in [0.5, 0.6) is 0 Å². The van der Waals surface area contributed by atoms with E-state index < -0.39 is 0 Å². The van der Waals surface area contributed by atoms with Crippen molar-refractivity contribution in [2.45, 2.75) is 32.0 Å². The molecule has 0 saturated carbocycles. The van der Waals surface area contributed by atoms with E-state index in [1.54, 1.807) is 0 Å². The fourth-order valence-corrected chi connectivity index (χ4v) is 2.22. The molecule has 2 N–H and O–H groups in total. The lowest BCUT2D eigenvalue weighted by Crippen LogP contribution is -2.98. The number of quaternary nitrogens is 1. The average molecular weight is 219 g/mol. The molecule has 1 atom stereocenters. The van der Waals surface area contributed by atoms with Crippen LogP contribution in [0.15, 0.2) is 30.3 Å². The Labute approximate surface area is 96.5 Å². The number of hydrogen-bond donors (Lipinski definition) is 1. The summed E-state index contributed by atoms with van der Waals surface area (Å²) < 4.78 is 0. The standard InChI is InChI=1S/C13H18N2O/c1-13(2)14-11(12(16)15(13)3)9-10-7-5-4-6-8-10/h4-8,11,14H,9H2,1-3H3/p+1. The normalized spacial score (nSPS) is 23.8. The molecule has 0 aromatic heterocycles. The molecule has 2 rings (SSSR count). The van der Waals surface area contributed by atoms with Crippen molar-refractivity contribution >= 4 is 5.91 Å². The van der Waals surface area contributed by atoms with Gasteiger partial charge in [-0.1, -0.05) is 30.3 Å². The van der Waals surface area contributed by atoms with Crippen molar-refractivity contribution in [3.8, 4) is 0 Å². The third-order valence-corrected chi connectivity index (χ3v) is 3.42. The molecule has 0 spiro atoms. The number of nitrogens with zero attached hydrogens (tertiary/aromatic N) is 1. The Morgan fingerprint density at radius 2 is 1.94 bits per heavy atom. The second-order valence-corrected chi connectivity index (χ2v) is 5.01. The molecule has 0 radical (unpaired) electrons. The number of carbonyl (C=O) groups is 1. The number of nitrogens with two attached hydrogens (primary N) is 1. The fraction of sp³-hybridized carbons (Fsp3) is 0.462. The van der Waals surface area contributed by atoms with Crippen molar-refractivity contribution in [1.82, 2.24) is 4.90 Å². The number of rotatable bonds is 2. The number of benzene rings is 1. The van der Waals surface area contributed by atoms with E-state index in [1.165, 1.54) is 5.56 Å². The van der Waals surface area contributed by atoms with Gasteiger partial charge in [-0.15, -0.1) is 0 Å². The Hall–Kier alpha value is -1.35. The molecule has 1 unspecified atom stereocenters. The summed E-state index contributed by atoms with van der Waals surface area (Å²) in [7, 11) is 1.88. The van der Waals surface area contributed by atoms with E-state index in [9.17, 15) is 4.79 Å². The van der Waals surface area contributed by atoms with Crippen molar-refractivity contribution in [2.75, 3.05) is 7.05 Å². The van der Waals surface area contributed by atoms with Crippen LogP contribution >= 0.6 is 0 Å². The Morgan fingerprint density at radius 1 is 1.31 bits per heavy atom. The second-order valence-electron chi connectivity index (χ2n) is 5.01. The van der Waals surface area contributed by atoms with E-state index in [4.69, 9.17) is 0 Å². The first kappa shape index (κ1) is 11.1. The van der Waals surface area contributed by atoms with Gasteiger partial charge in [-0.25, -0.2) is 0 Å². The minimum atomic E-state index is -0.115. The molecule has 1 amide bonds. The zero-order chi connectivity index (χ0) is 11.8. The van der Waals surface area contributed by atoms with E-state index in [1.807, 2.05) is 30.1 Å². The molecule has 0 aliphatic carbocycles. The van der Waals surface area contributed by atoms with Gasteiger partial charge in [0, 0.05) is 27.3 Å². The lowest BCUT2D eigenvalue weighted by Gasteiger charge is -2.22. The summed E-state index contributed by atoms with van der Waals surface area (Å²) in [6.45, 7) is 4.16. The summed E-state index contributed by atoms with van der Waals surface area (Å²) in [6.07, 6.45) is 0.813. The molecule has 3 nitrogen and oxygen atoms in total. The monoisotopic (exact) mass is 219 g/mol. The predicted molar refractivity (Wildman–Crippen MR) is 62.7 cm³/mol. The highest BCUT2D eigenvalue weighted by Crippen LogP contribution is 2.13. The first-order valence-corrected chi connectivity index (χ1v) is 5.68. The highest BCUT2D eigenvalue weighted by Gasteiger charge is 2.46. The molecular formula is C13H19N2O+. The number of likely N-dealkylation sites (N-methyl/N-ethyl adjacent to an activating group) is 1. The molecule has 1 aromatic rings. The van der Waals surface area contributed by atoms with Crippen LogP contribution in [0.25, 0.3) is 0 Å². The minimum Gasteiger partial charge on any atom is -0.314 e. The van der Waals surface area contributed by atoms with E-state index in [2.05, 4.69) is 31.3 Å². The van der Waals surface area contributed by atoms with Gasteiger partial charge < -0.3 is 5.32 Å². The summed E-state index contributed by atoms with van der Waals surface area (Å²) in [6, 6.07) is 10.2. The van der Waals surface area contributed by atoms with Crippen LogP contribution in [0, 0.1) is 0 Å². The van der Waals surface area contributed by atoms with Gasteiger partial charge in [0.25, 0.3) is 5.91 Å². The quantitative estimate of drug-likeness (QED) is 0.766. The molecule has 86 valence electrons. The SMILES string of the molecule is CN1C(=O)C(Cc2ccccc2)[NH2+]C1(C)C. The second kappa shape index (κ2) is 3.91. The highest BCUT2D eigenvalue weighted by molar-refractivity contribution is 5.82. The summed E-state index contributed by atoms with van der Waals surface area (Å²) >= 11 is 0. The first-order chi connectivity index (χ1) is 7.50. The number of hydrogen-bond acceptors (Lipinski definition) is 1. The lowest BCUT2D eigenvalue weighted by atomic mass is 10.1. The van der Waals surface area contributed by atoms with E-state index in [-0.39, 0.29) is 17.6 Å². The molecule has 3 heteroatoms. The number of amides is 1. The van der Waals surface area contributed by atoms with Crippen molar-refractivity contribution in [3.63, 3.8) is 0 Å². The van der Waals surface area contributed by atoms with Crippen molar-refractivity contribution in [1.29, 1.82) is 0 Å². The number of carbonyl (C=O) groups excluding carboxylic acids is 1. The van der Waals surface area contributed by atoms with Crippen molar-refractivity contribution in [3.05, 3.63) is 35.9 Å². The van der Waals surface area contributed by atoms with Crippen LogP contribution in [0.4, 0.5) is 0 Å². The maximum atomic E-state index is 12.0. The summed E-state index contributed by atoms with van der Waals surface area (Å²) in [5.74, 6) is 0.230. The van der Waals surface area contributed by atoms with Crippen molar-refractivity contribution in [2.24, 2.45) is 0 Å². The lowest BCUT2D eigenvalue weighted by molar-refractivity contribution is -0.737. The van der Waals surface area contributed by atoms with Crippen LogP contribution < -0.4 is 5.32 Å². The predicted octanol–water partition coefficient (Wildman–Crippen LogP) is 0.369. The highest BCUT2D eigenvalue weighted by atomic mass is 16.2. The molecular weight excluding hydrogens is 200 g/mol. The van der Waals surface area contributed by atoms with Gasteiger partial charge >= 0.3 is 0 Å². The van der Waals surface area contributed by atoms with Crippen LogP contribution in [0.2, 0.25) is 0 Å². The topological polar surface area (TPSA) is 36.9 Å². The molecule has 1 aromatic carbocycles. The molecule has 16 heavy (non-hydrogen) atoms. The molecule has 0 bridgehead atoms. The summed E-state index contributed by atoms with van der Waals surface area (Å²) in [5, 5.41) is 2.16. The zero-order valence-electron chi connectivity index (χ0n) is 10.1. The van der Waals surface area contributed by atoms with Crippen LogP contribution in [-0.2, 0) is 11.2 Å². The largest absolute Gasteiger partial charge is 0.314 e. The molecule has 1 aliphatic rings. The minimum absolute atomic E-state index is 0.0300. The van der Waals surface area contributed by atoms with Crippen LogP contribution in [0.3, 0.4) is 0 Å². The Bertz CT molecular complexity index is 386. The van der Waals surface area contributed by atoms with Gasteiger partial charge in [0.05, 0.1) is 0 Å². The Kier molecular flexibility index (Phi) is 2.72. The van der Waals surface area contributed by atoms with E-state index in [0.29, 0.717) is 0 Å². The maximum Gasteiger partial charge on any atom is 0.285 e. The maximum absolute atomic E-state index is 12.0. The van der Waals surface area contributed by atoms with Gasteiger partial charge in [0.15, 0.2) is 11.7 Å². The molecule has 1 heterocycles. The van der Waals surface area contributed by atoms with E-state index >= 15 is 0 Å². The Morgan fingerprint density at radius 3 is 2.44 bits per heavy atom.